The van der Waals surface area contributed by atoms with Crippen molar-refractivity contribution in [3.05, 3.63) is 158 Å². The topological polar surface area (TPSA) is 42.4 Å². The van der Waals surface area contributed by atoms with Crippen molar-refractivity contribution in [3.63, 3.8) is 0 Å². The van der Waals surface area contributed by atoms with Gasteiger partial charge >= 0.3 is 0 Å². The van der Waals surface area contributed by atoms with E-state index in [2.05, 4.69) is 126 Å². The van der Waals surface area contributed by atoms with Gasteiger partial charge in [-0.15, -0.1) is 11.3 Å². The van der Waals surface area contributed by atoms with Gasteiger partial charge in [0, 0.05) is 65.6 Å². The second-order valence-corrected chi connectivity index (χ2v) is 13.1. The second kappa shape index (κ2) is 10.7. The molecule has 0 unspecified atom stereocenters. The van der Waals surface area contributed by atoms with E-state index in [0.29, 0.717) is 11.5 Å². The van der Waals surface area contributed by atoms with Crippen LogP contribution in [0.4, 0.5) is 17.1 Å². The highest BCUT2D eigenvalue weighted by Gasteiger charge is 2.20. The molecule has 10 aromatic rings. The van der Waals surface area contributed by atoms with Crippen molar-refractivity contribution in [2.24, 2.45) is 0 Å². The van der Waals surface area contributed by atoms with Crippen molar-refractivity contribution >= 4 is 81.6 Å². The summed E-state index contributed by atoms with van der Waals surface area (Å²) in [5, 5.41) is 4.62. The Morgan fingerprint density at radius 3 is 1.98 bits per heavy atom. The molecule has 0 aliphatic carbocycles. The number of anilines is 3. The highest BCUT2D eigenvalue weighted by Crippen LogP contribution is 2.45. The van der Waals surface area contributed by atoms with E-state index in [1.165, 1.54) is 20.2 Å². The molecule has 0 N–H and O–H groups in total. The molecule has 0 aliphatic heterocycles. The lowest BCUT2D eigenvalue weighted by Crippen LogP contribution is -2.11. The minimum absolute atomic E-state index is 0.605. The van der Waals surface area contributed by atoms with Crippen molar-refractivity contribution in [3.8, 4) is 22.6 Å². The second-order valence-electron chi connectivity index (χ2n) is 12.0. The lowest BCUT2D eigenvalue weighted by molar-refractivity contribution is 0.617. The predicted molar refractivity (Wildman–Crippen MR) is 200 cm³/mol. The first-order valence-electron chi connectivity index (χ1n) is 15.9. The zero-order valence-corrected chi connectivity index (χ0v) is 26.4. The standard InChI is InChI=1S/C43H26N2O2S/c1-3-11-27(12-4-1)31-15-7-9-17-37(31)45(30-20-22-34-33-16-8-10-18-41(33)48-42(34)24-30)29-19-21-32-35-25-36-40(26-39(35)46-38(32)23-29)47-43(44-36)28-13-5-2-6-14-28/h1-26H. The highest BCUT2D eigenvalue weighted by atomic mass is 32.1. The van der Waals surface area contributed by atoms with Crippen molar-refractivity contribution in [2.75, 3.05) is 4.90 Å². The minimum Gasteiger partial charge on any atom is -0.456 e. The summed E-state index contributed by atoms with van der Waals surface area (Å²) in [6.07, 6.45) is 0. The number of oxazole rings is 1. The summed E-state index contributed by atoms with van der Waals surface area (Å²) >= 11 is 1.83. The van der Waals surface area contributed by atoms with Gasteiger partial charge in [-0.1, -0.05) is 91.0 Å². The van der Waals surface area contributed by atoms with E-state index in [9.17, 15) is 0 Å². The number of nitrogens with zero attached hydrogens (tertiary/aromatic N) is 2. The van der Waals surface area contributed by atoms with E-state index in [4.69, 9.17) is 13.8 Å². The summed E-state index contributed by atoms with van der Waals surface area (Å²) in [5.74, 6) is 0.605. The largest absolute Gasteiger partial charge is 0.456 e. The van der Waals surface area contributed by atoms with Crippen molar-refractivity contribution in [2.45, 2.75) is 0 Å². The number of thiophene rings is 1. The smallest absolute Gasteiger partial charge is 0.227 e. The van der Waals surface area contributed by atoms with Gasteiger partial charge in [-0.2, -0.15) is 0 Å². The molecule has 0 saturated heterocycles. The van der Waals surface area contributed by atoms with Crippen LogP contribution in [0.15, 0.2) is 167 Å². The summed E-state index contributed by atoms with van der Waals surface area (Å²) in [4.78, 5) is 7.15. The molecule has 48 heavy (non-hydrogen) atoms. The van der Waals surface area contributed by atoms with Crippen LogP contribution in [0.1, 0.15) is 0 Å². The average Bonchev–Trinajstić information content (AvgIpc) is 3.84. The number of furan rings is 1. The molecule has 0 bridgehead atoms. The van der Waals surface area contributed by atoms with Crippen LogP contribution < -0.4 is 4.90 Å². The molecular weight excluding hydrogens is 609 g/mol. The number of benzene rings is 7. The van der Waals surface area contributed by atoms with Crippen LogP contribution in [-0.4, -0.2) is 4.98 Å². The fraction of sp³-hybridized carbons (Fsp3) is 0. The van der Waals surface area contributed by atoms with Crippen LogP contribution in [0.3, 0.4) is 0 Å². The maximum absolute atomic E-state index is 6.55. The summed E-state index contributed by atoms with van der Waals surface area (Å²) in [6, 6.07) is 55.1. The molecule has 0 spiro atoms. The van der Waals surface area contributed by atoms with Crippen LogP contribution in [-0.2, 0) is 0 Å². The molecule has 10 rings (SSSR count). The molecule has 0 aliphatic rings. The van der Waals surface area contributed by atoms with Gasteiger partial charge in [-0.25, -0.2) is 4.98 Å². The fourth-order valence-electron chi connectivity index (χ4n) is 6.84. The molecule has 5 heteroatoms. The minimum atomic E-state index is 0.605. The van der Waals surface area contributed by atoms with E-state index in [-0.39, 0.29) is 0 Å². The van der Waals surface area contributed by atoms with Crippen LogP contribution in [0.5, 0.6) is 0 Å². The fourth-order valence-corrected chi connectivity index (χ4v) is 7.98. The van der Waals surface area contributed by atoms with Crippen molar-refractivity contribution in [1.82, 2.24) is 4.98 Å². The molecular formula is C43H26N2O2S. The predicted octanol–water partition coefficient (Wildman–Crippen LogP) is 12.9. The van der Waals surface area contributed by atoms with Crippen molar-refractivity contribution < 1.29 is 8.83 Å². The quantitative estimate of drug-likeness (QED) is 0.189. The summed E-state index contributed by atoms with van der Waals surface area (Å²) in [6.45, 7) is 0. The first kappa shape index (κ1) is 27.0. The molecule has 3 heterocycles. The molecule has 0 amide bonds. The van der Waals surface area contributed by atoms with E-state index < -0.39 is 0 Å². The normalized spacial score (nSPS) is 11.8. The molecule has 3 aromatic heterocycles. The van der Waals surface area contributed by atoms with Gasteiger partial charge in [0.05, 0.1) is 5.69 Å². The summed E-state index contributed by atoms with van der Waals surface area (Å²) in [5.41, 5.74) is 9.55. The van der Waals surface area contributed by atoms with Crippen LogP contribution in [0.25, 0.3) is 75.8 Å². The number of para-hydroxylation sites is 1. The number of rotatable bonds is 5. The van der Waals surface area contributed by atoms with Crippen molar-refractivity contribution in [1.29, 1.82) is 0 Å². The van der Waals surface area contributed by atoms with E-state index in [0.717, 1.165) is 61.2 Å². The number of fused-ring (bicyclic) bond motifs is 7. The van der Waals surface area contributed by atoms with Gasteiger partial charge in [-0.3, -0.25) is 0 Å². The third kappa shape index (κ3) is 4.33. The van der Waals surface area contributed by atoms with Crippen LogP contribution in [0, 0.1) is 0 Å². The van der Waals surface area contributed by atoms with Gasteiger partial charge in [0.2, 0.25) is 5.89 Å². The Labute approximate surface area is 279 Å². The first-order chi connectivity index (χ1) is 23.8. The Kier molecular flexibility index (Phi) is 6.01. The molecule has 0 radical (unpaired) electrons. The molecule has 7 aromatic carbocycles. The Balaban J connectivity index is 1.16. The lowest BCUT2D eigenvalue weighted by atomic mass is 10.0. The maximum atomic E-state index is 6.55. The lowest BCUT2D eigenvalue weighted by Gasteiger charge is -2.28. The zero-order valence-electron chi connectivity index (χ0n) is 25.6. The highest BCUT2D eigenvalue weighted by molar-refractivity contribution is 7.25. The van der Waals surface area contributed by atoms with E-state index in [1.54, 1.807) is 0 Å². The summed E-state index contributed by atoms with van der Waals surface area (Å²) < 4.78 is 15.3. The maximum Gasteiger partial charge on any atom is 0.227 e. The summed E-state index contributed by atoms with van der Waals surface area (Å²) in [7, 11) is 0. The van der Waals surface area contributed by atoms with E-state index >= 15 is 0 Å². The Morgan fingerprint density at radius 1 is 0.458 bits per heavy atom. The molecule has 0 saturated carbocycles. The zero-order chi connectivity index (χ0) is 31.6. The molecule has 226 valence electrons. The number of hydrogen-bond donors (Lipinski definition) is 0. The van der Waals surface area contributed by atoms with Gasteiger partial charge in [0.15, 0.2) is 5.58 Å². The Hall–Kier alpha value is -6.17. The Bertz CT molecular complexity index is 2790. The molecule has 0 atom stereocenters. The third-order valence-electron chi connectivity index (χ3n) is 9.09. The first-order valence-corrected chi connectivity index (χ1v) is 16.8. The third-order valence-corrected chi connectivity index (χ3v) is 10.2. The van der Waals surface area contributed by atoms with Crippen LogP contribution in [0.2, 0.25) is 0 Å². The molecule has 4 nitrogen and oxygen atoms in total. The monoisotopic (exact) mass is 634 g/mol. The van der Waals surface area contributed by atoms with Gasteiger partial charge in [0.25, 0.3) is 0 Å². The van der Waals surface area contributed by atoms with Gasteiger partial charge < -0.3 is 13.7 Å². The molecule has 0 fully saturated rings. The Morgan fingerprint density at radius 2 is 1.12 bits per heavy atom. The number of aromatic nitrogens is 1. The number of hydrogen-bond acceptors (Lipinski definition) is 5. The van der Waals surface area contributed by atoms with E-state index in [1.807, 2.05) is 47.7 Å². The SMILES string of the molecule is c1ccc(-c2nc3cc4c(cc3o2)oc2cc(N(c3ccc5c(c3)sc3ccccc35)c3ccccc3-c3ccccc3)ccc24)cc1. The van der Waals surface area contributed by atoms with Gasteiger partial charge in [-0.05, 0) is 60.2 Å². The van der Waals surface area contributed by atoms with Gasteiger partial charge in [0.1, 0.15) is 16.7 Å². The average molecular weight is 635 g/mol. The van der Waals surface area contributed by atoms with Crippen LogP contribution >= 0.6 is 11.3 Å².